The molecule has 1 aromatic carbocycles. The molecule has 0 amide bonds. The van der Waals surface area contributed by atoms with Crippen molar-refractivity contribution in [2.45, 2.75) is 33.6 Å². The van der Waals surface area contributed by atoms with Crippen molar-refractivity contribution >= 4 is 29.0 Å². The Labute approximate surface area is 118 Å². The van der Waals surface area contributed by atoms with E-state index in [2.05, 4.69) is 11.8 Å². The third-order valence-corrected chi connectivity index (χ3v) is 2.74. The van der Waals surface area contributed by atoms with E-state index >= 15 is 0 Å². The number of hydrogen-bond acceptors (Lipinski definition) is 1. The van der Waals surface area contributed by atoms with E-state index in [1.807, 2.05) is 20.8 Å². The number of carbonyl (C=O) groups excluding carboxylic acids is 1. The van der Waals surface area contributed by atoms with Crippen LogP contribution in [0, 0.1) is 17.3 Å². The topological polar surface area (TPSA) is 17.1 Å². The molecule has 0 aliphatic rings. The third-order valence-electron chi connectivity index (χ3n) is 2.15. The zero-order valence-electron chi connectivity index (χ0n) is 10.8. The molecular formula is C15H16Cl2O. The first-order chi connectivity index (χ1) is 8.28. The van der Waals surface area contributed by atoms with Gasteiger partial charge in [-0.15, -0.1) is 0 Å². The highest BCUT2D eigenvalue weighted by Crippen LogP contribution is 2.21. The van der Waals surface area contributed by atoms with Gasteiger partial charge >= 0.3 is 0 Å². The lowest BCUT2D eigenvalue weighted by molar-refractivity contribution is -0.117. The van der Waals surface area contributed by atoms with Gasteiger partial charge in [0.25, 0.3) is 0 Å². The average Bonchev–Trinajstić information content (AvgIpc) is 2.20. The summed E-state index contributed by atoms with van der Waals surface area (Å²) in [6.45, 7) is 6.04. The van der Waals surface area contributed by atoms with Crippen molar-refractivity contribution in [3.05, 3.63) is 33.8 Å². The van der Waals surface area contributed by atoms with Gasteiger partial charge < -0.3 is 0 Å². The molecule has 0 radical (unpaired) electrons. The maximum atomic E-state index is 11.7. The number of benzene rings is 1. The first-order valence-corrected chi connectivity index (χ1v) is 6.49. The first kappa shape index (κ1) is 15.1. The zero-order valence-corrected chi connectivity index (χ0v) is 12.3. The predicted octanol–water partition coefficient (Wildman–Crippen LogP) is 4.54. The molecule has 0 unspecified atom stereocenters. The molecular weight excluding hydrogens is 267 g/mol. The van der Waals surface area contributed by atoms with Crippen LogP contribution >= 0.6 is 23.2 Å². The summed E-state index contributed by atoms with van der Waals surface area (Å²) in [5, 5.41) is 1.10. The Hall–Kier alpha value is -0.970. The van der Waals surface area contributed by atoms with Crippen molar-refractivity contribution in [2.75, 3.05) is 0 Å². The Morgan fingerprint density at radius 2 is 1.94 bits per heavy atom. The summed E-state index contributed by atoms with van der Waals surface area (Å²) in [6, 6.07) is 5.16. The third kappa shape index (κ3) is 5.58. The molecule has 0 aliphatic heterocycles. The fourth-order valence-corrected chi connectivity index (χ4v) is 1.82. The van der Waals surface area contributed by atoms with E-state index in [0.717, 1.165) is 5.56 Å². The summed E-state index contributed by atoms with van der Waals surface area (Å²) in [7, 11) is 0. The average molecular weight is 283 g/mol. The number of carbonyl (C=O) groups is 1. The van der Waals surface area contributed by atoms with Gasteiger partial charge in [-0.25, -0.2) is 0 Å². The van der Waals surface area contributed by atoms with Crippen molar-refractivity contribution in [3.63, 3.8) is 0 Å². The molecule has 0 aromatic heterocycles. The van der Waals surface area contributed by atoms with Crippen LogP contribution in [0.15, 0.2) is 18.2 Å². The number of hydrogen-bond donors (Lipinski definition) is 0. The van der Waals surface area contributed by atoms with E-state index in [9.17, 15) is 4.79 Å². The van der Waals surface area contributed by atoms with E-state index in [0.29, 0.717) is 16.5 Å². The second-order valence-corrected chi connectivity index (χ2v) is 6.02. The monoisotopic (exact) mass is 282 g/mol. The van der Waals surface area contributed by atoms with Crippen LogP contribution in [0.5, 0.6) is 0 Å². The zero-order chi connectivity index (χ0) is 13.8. The number of ketones is 1. The van der Waals surface area contributed by atoms with Gasteiger partial charge in [-0.1, -0.05) is 41.1 Å². The molecule has 1 rings (SSSR count). The summed E-state index contributed by atoms with van der Waals surface area (Å²) < 4.78 is 0. The van der Waals surface area contributed by atoms with Gasteiger partial charge in [-0.3, -0.25) is 4.79 Å². The SMILES string of the molecule is CC(C)(C)C#CCC(=O)Cc1ccc(Cl)cc1Cl. The fraction of sp³-hybridized carbons (Fsp3) is 0.400. The molecule has 1 aromatic rings. The van der Waals surface area contributed by atoms with Crippen LogP contribution in [0.4, 0.5) is 0 Å². The van der Waals surface area contributed by atoms with Gasteiger partial charge in [0.1, 0.15) is 5.78 Å². The van der Waals surface area contributed by atoms with Crippen LogP contribution < -0.4 is 0 Å². The molecule has 0 saturated heterocycles. The smallest absolute Gasteiger partial charge is 0.149 e. The maximum absolute atomic E-state index is 11.7. The van der Waals surface area contributed by atoms with Gasteiger partial charge in [-0.2, -0.15) is 0 Å². The minimum Gasteiger partial charge on any atom is -0.298 e. The van der Waals surface area contributed by atoms with E-state index in [1.165, 1.54) is 0 Å². The number of Topliss-reactive ketones (excluding diaryl/α,β-unsaturated/α-hetero) is 1. The van der Waals surface area contributed by atoms with Crippen LogP contribution in [-0.2, 0) is 11.2 Å². The molecule has 3 heteroatoms. The molecule has 1 nitrogen and oxygen atoms in total. The van der Waals surface area contributed by atoms with Crippen LogP contribution in [0.1, 0.15) is 32.8 Å². The lowest BCUT2D eigenvalue weighted by Gasteiger charge is -2.06. The molecule has 0 N–H and O–H groups in total. The van der Waals surface area contributed by atoms with Gasteiger partial charge in [0.2, 0.25) is 0 Å². The van der Waals surface area contributed by atoms with Crippen molar-refractivity contribution in [2.24, 2.45) is 5.41 Å². The van der Waals surface area contributed by atoms with Crippen molar-refractivity contribution in [1.82, 2.24) is 0 Å². The quantitative estimate of drug-likeness (QED) is 0.744. The second-order valence-electron chi connectivity index (χ2n) is 5.18. The van der Waals surface area contributed by atoms with Crippen LogP contribution in [-0.4, -0.2) is 5.78 Å². The van der Waals surface area contributed by atoms with Gasteiger partial charge in [-0.05, 0) is 38.5 Å². The van der Waals surface area contributed by atoms with Crippen LogP contribution in [0.25, 0.3) is 0 Å². The highest BCUT2D eigenvalue weighted by molar-refractivity contribution is 6.35. The Kier molecular flexibility index (Phi) is 5.26. The molecule has 0 heterocycles. The maximum Gasteiger partial charge on any atom is 0.149 e. The Balaban J connectivity index is 2.62. The minimum absolute atomic E-state index is 0.0657. The Morgan fingerprint density at radius 3 is 2.50 bits per heavy atom. The summed E-state index contributed by atoms with van der Waals surface area (Å²) in [5.41, 5.74) is 0.724. The van der Waals surface area contributed by atoms with E-state index in [1.54, 1.807) is 18.2 Å². The highest BCUT2D eigenvalue weighted by atomic mass is 35.5. The molecule has 0 atom stereocenters. The highest BCUT2D eigenvalue weighted by Gasteiger charge is 2.07. The van der Waals surface area contributed by atoms with Gasteiger partial charge in [0, 0.05) is 21.9 Å². The normalized spacial score (nSPS) is 10.7. The van der Waals surface area contributed by atoms with E-state index in [4.69, 9.17) is 23.2 Å². The van der Waals surface area contributed by atoms with Crippen molar-refractivity contribution in [3.8, 4) is 11.8 Å². The van der Waals surface area contributed by atoms with Crippen LogP contribution in [0.2, 0.25) is 10.0 Å². The molecule has 0 fully saturated rings. The molecule has 0 aliphatic carbocycles. The molecule has 0 spiro atoms. The number of rotatable bonds is 3. The molecule has 18 heavy (non-hydrogen) atoms. The van der Waals surface area contributed by atoms with Crippen molar-refractivity contribution in [1.29, 1.82) is 0 Å². The standard InChI is InChI=1S/C15H16Cl2O/c1-15(2,3)8-4-5-13(18)9-11-6-7-12(16)10-14(11)17/h6-7,10H,5,9H2,1-3H3. The molecule has 96 valence electrons. The van der Waals surface area contributed by atoms with Gasteiger partial charge in [0.05, 0.1) is 6.42 Å². The summed E-state index contributed by atoms with van der Waals surface area (Å²) in [4.78, 5) is 11.7. The largest absolute Gasteiger partial charge is 0.298 e. The van der Waals surface area contributed by atoms with Crippen molar-refractivity contribution < 1.29 is 4.79 Å². The molecule has 0 bridgehead atoms. The number of halogens is 2. The lowest BCUT2D eigenvalue weighted by Crippen LogP contribution is -2.03. The molecule has 0 saturated carbocycles. The predicted molar refractivity (Wildman–Crippen MR) is 77.0 cm³/mol. The Bertz CT molecular complexity index is 501. The summed E-state index contributed by atoms with van der Waals surface area (Å²) in [6.07, 6.45) is 0.561. The second kappa shape index (κ2) is 6.27. The fourth-order valence-electron chi connectivity index (χ4n) is 1.35. The summed E-state index contributed by atoms with van der Waals surface area (Å²) in [5.74, 6) is 6.01. The first-order valence-electron chi connectivity index (χ1n) is 5.73. The van der Waals surface area contributed by atoms with E-state index < -0.39 is 0 Å². The van der Waals surface area contributed by atoms with Crippen LogP contribution in [0.3, 0.4) is 0 Å². The Morgan fingerprint density at radius 1 is 1.28 bits per heavy atom. The van der Waals surface area contributed by atoms with Gasteiger partial charge in [0.15, 0.2) is 0 Å². The minimum atomic E-state index is -0.0712. The van der Waals surface area contributed by atoms with E-state index in [-0.39, 0.29) is 17.6 Å². The lowest BCUT2D eigenvalue weighted by atomic mass is 9.97. The summed E-state index contributed by atoms with van der Waals surface area (Å²) >= 11 is 11.8.